The lowest BCUT2D eigenvalue weighted by atomic mass is 9.98. The number of anilines is 1. The Kier molecular flexibility index (Phi) is 6.02. The number of carbonyl (C=O) groups excluding carboxylic acids is 3. The largest absolute Gasteiger partial charge is 0.326 e. The molecule has 2 aliphatic heterocycles. The number of imide groups is 1. The molecule has 1 aromatic carbocycles. The maximum Gasteiger partial charge on any atom is 0.325 e. The van der Waals surface area contributed by atoms with Gasteiger partial charge in [-0.3, -0.25) is 14.5 Å². The first-order valence-corrected chi connectivity index (χ1v) is 12.3. The first kappa shape index (κ1) is 21.8. The van der Waals surface area contributed by atoms with E-state index in [4.69, 9.17) is 0 Å². The molecule has 1 aliphatic carbocycles. The lowest BCUT2D eigenvalue weighted by Gasteiger charge is -2.20. The zero-order valence-electron chi connectivity index (χ0n) is 17.4. The highest BCUT2D eigenvalue weighted by Crippen LogP contribution is 2.35. The van der Waals surface area contributed by atoms with Gasteiger partial charge >= 0.3 is 6.03 Å². The van der Waals surface area contributed by atoms with Crippen LogP contribution < -0.4 is 10.6 Å². The fourth-order valence-corrected chi connectivity index (χ4v) is 6.19. The number of sulfonamides is 1. The van der Waals surface area contributed by atoms with Gasteiger partial charge in [0.25, 0.3) is 5.91 Å². The molecule has 2 N–H and O–H groups in total. The molecule has 3 aliphatic rings. The zero-order chi connectivity index (χ0) is 22.1. The van der Waals surface area contributed by atoms with E-state index in [1.54, 1.807) is 12.1 Å². The lowest BCUT2D eigenvalue weighted by molar-refractivity contribution is -0.131. The van der Waals surface area contributed by atoms with Crippen LogP contribution in [0.2, 0.25) is 0 Å². The van der Waals surface area contributed by atoms with E-state index in [0.29, 0.717) is 38.0 Å². The number of nitrogens with one attached hydrogen (secondary N) is 2. The molecule has 4 amide bonds. The summed E-state index contributed by atoms with van der Waals surface area (Å²) in [4.78, 5) is 38.5. The first-order chi connectivity index (χ1) is 14.8. The molecule has 1 aromatic rings. The van der Waals surface area contributed by atoms with E-state index in [1.807, 2.05) is 0 Å². The molecule has 0 atom stereocenters. The standard InChI is InChI=1S/C21H28N4O5S/c26-18(9-6-14-25-19(27)21(23-20(25)28)10-1-2-11-21)22-16-7-5-8-17(15-16)31(29,30)24-12-3-4-13-24/h5,7-8,15H,1-4,6,9-14H2,(H,22,26)(H,23,28). The van der Waals surface area contributed by atoms with Gasteiger partial charge in [0.2, 0.25) is 15.9 Å². The summed E-state index contributed by atoms with van der Waals surface area (Å²) in [6, 6.07) is 5.86. The van der Waals surface area contributed by atoms with Crippen LogP contribution in [0.25, 0.3) is 0 Å². The van der Waals surface area contributed by atoms with Gasteiger partial charge in [-0.1, -0.05) is 18.9 Å². The van der Waals surface area contributed by atoms with Crippen molar-refractivity contribution in [1.82, 2.24) is 14.5 Å². The van der Waals surface area contributed by atoms with Crippen molar-refractivity contribution >= 4 is 33.6 Å². The summed E-state index contributed by atoms with van der Waals surface area (Å²) in [5.74, 6) is -0.478. The summed E-state index contributed by atoms with van der Waals surface area (Å²) in [7, 11) is -3.55. The molecule has 10 heteroatoms. The van der Waals surface area contributed by atoms with Crippen molar-refractivity contribution < 1.29 is 22.8 Å². The molecular weight excluding hydrogens is 420 g/mol. The average molecular weight is 449 g/mol. The third-order valence-corrected chi connectivity index (χ3v) is 8.20. The molecule has 2 heterocycles. The van der Waals surface area contributed by atoms with Crippen molar-refractivity contribution in [2.24, 2.45) is 0 Å². The normalized spacial score (nSPS) is 21.1. The summed E-state index contributed by atoms with van der Waals surface area (Å²) in [5, 5.41) is 5.54. The summed E-state index contributed by atoms with van der Waals surface area (Å²) >= 11 is 0. The van der Waals surface area contributed by atoms with Crippen LogP contribution in [0.5, 0.6) is 0 Å². The average Bonchev–Trinajstić information content (AvgIpc) is 3.47. The van der Waals surface area contributed by atoms with Crippen molar-refractivity contribution in [3.05, 3.63) is 24.3 Å². The van der Waals surface area contributed by atoms with E-state index >= 15 is 0 Å². The highest BCUT2D eigenvalue weighted by Gasteiger charge is 2.52. The van der Waals surface area contributed by atoms with Gasteiger partial charge in [0.1, 0.15) is 5.54 Å². The Balaban J connectivity index is 1.30. The second-order valence-electron chi connectivity index (χ2n) is 8.47. The van der Waals surface area contributed by atoms with E-state index in [9.17, 15) is 22.8 Å². The highest BCUT2D eigenvalue weighted by atomic mass is 32.2. The second kappa shape index (κ2) is 8.58. The van der Waals surface area contributed by atoms with Crippen molar-refractivity contribution in [3.63, 3.8) is 0 Å². The summed E-state index contributed by atoms with van der Waals surface area (Å²) in [6.07, 6.45) is 5.36. The van der Waals surface area contributed by atoms with Crippen LogP contribution >= 0.6 is 0 Å². The number of carbonyl (C=O) groups is 3. The number of hydrogen-bond donors (Lipinski definition) is 2. The van der Waals surface area contributed by atoms with Crippen LogP contribution in [0.3, 0.4) is 0 Å². The number of benzene rings is 1. The van der Waals surface area contributed by atoms with Crippen LogP contribution in [-0.2, 0) is 19.6 Å². The van der Waals surface area contributed by atoms with E-state index in [0.717, 1.165) is 25.7 Å². The van der Waals surface area contributed by atoms with Gasteiger partial charge in [-0.2, -0.15) is 4.31 Å². The fourth-order valence-electron chi connectivity index (χ4n) is 4.63. The van der Waals surface area contributed by atoms with E-state index in [2.05, 4.69) is 10.6 Å². The third kappa shape index (κ3) is 4.31. The number of hydrogen-bond acceptors (Lipinski definition) is 5. The molecule has 31 heavy (non-hydrogen) atoms. The van der Waals surface area contributed by atoms with Gasteiger partial charge in [0.15, 0.2) is 0 Å². The van der Waals surface area contributed by atoms with Crippen molar-refractivity contribution in [2.75, 3.05) is 25.0 Å². The fraction of sp³-hybridized carbons (Fsp3) is 0.571. The summed E-state index contributed by atoms with van der Waals surface area (Å²) < 4.78 is 26.9. The number of urea groups is 1. The monoisotopic (exact) mass is 448 g/mol. The van der Waals surface area contributed by atoms with Gasteiger partial charge in [-0.15, -0.1) is 0 Å². The molecule has 1 saturated carbocycles. The molecule has 0 bridgehead atoms. The molecule has 168 valence electrons. The molecule has 2 saturated heterocycles. The Hall–Kier alpha value is -2.46. The molecular formula is C21H28N4O5S. The minimum absolute atomic E-state index is 0.118. The molecule has 0 unspecified atom stereocenters. The van der Waals surface area contributed by atoms with Crippen LogP contribution in [-0.4, -0.2) is 60.6 Å². The Morgan fingerprint density at radius 1 is 1.10 bits per heavy atom. The molecule has 0 radical (unpaired) electrons. The summed E-state index contributed by atoms with van der Waals surface area (Å²) in [6.45, 7) is 1.22. The van der Waals surface area contributed by atoms with E-state index in [-0.39, 0.29) is 35.7 Å². The zero-order valence-corrected chi connectivity index (χ0v) is 18.2. The predicted octanol–water partition coefficient (Wildman–Crippen LogP) is 2.05. The number of amides is 4. The molecule has 4 rings (SSSR count). The van der Waals surface area contributed by atoms with Crippen LogP contribution in [0, 0.1) is 0 Å². The predicted molar refractivity (Wildman–Crippen MR) is 114 cm³/mol. The molecule has 0 aromatic heterocycles. The van der Waals surface area contributed by atoms with Crippen LogP contribution in [0.4, 0.5) is 10.5 Å². The van der Waals surface area contributed by atoms with Gasteiger partial charge < -0.3 is 10.6 Å². The smallest absolute Gasteiger partial charge is 0.325 e. The molecule has 9 nitrogen and oxygen atoms in total. The van der Waals surface area contributed by atoms with Gasteiger partial charge in [-0.25, -0.2) is 13.2 Å². The third-order valence-electron chi connectivity index (χ3n) is 6.31. The Morgan fingerprint density at radius 2 is 1.81 bits per heavy atom. The van der Waals surface area contributed by atoms with E-state index in [1.165, 1.54) is 21.3 Å². The van der Waals surface area contributed by atoms with Crippen molar-refractivity contribution in [1.29, 1.82) is 0 Å². The maximum absolute atomic E-state index is 12.7. The molecule has 3 fully saturated rings. The SMILES string of the molecule is O=C(CCCN1C(=O)NC2(CCCC2)C1=O)Nc1cccc(S(=O)(=O)N2CCCC2)c1. The maximum atomic E-state index is 12.7. The Bertz CT molecular complexity index is 981. The van der Waals surface area contributed by atoms with E-state index < -0.39 is 15.6 Å². The van der Waals surface area contributed by atoms with Gasteiger partial charge in [0, 0.05) is 31.7 Å². The first-order valence-electron chi connectivity index (χ1n) is 10.9. The quantitative estimate of drug-likeness (QED) is 0.620. The number of rotatable bonds is 7. The lowest BCUT2D eigenvalue weighted by Crippen LogP contribution is -2.44. The summed E-state index contributed by atoms with van der Waals surface area (Å²) in [5.41, 5.74) is -0.328. The molecule has 1 spiro atoms. The van der Waals surface area contributed by atoms with Crippen molar-refractivity contribution in [2.45, 2.75) is 61.8 Å². The topological polar surface area (TPSA) is 116 Å². The van der Waals surface area contributed by atoms with Gasteiger partial charge in [-0.05, 0) is 50.3 Å². The van der Waals surface area contributed by atoms with Crippen LogP contribution in [0.1, 0.15) is 51.4 Å². The number of nitrogens with zero attached hydrogens (tertiary/aromatic N) is 2. The minimum atomic E-state index is -3.55. The van der Waals surface area contributed by atoms with Crippen molar-refractivity contribution in [3.8, 4) is 0 Å². The Labute approximate surface area is 182 Å². The second-order valence-corrected chi connectivity index (χ2v) is 10.4. The van der Waals surface area contributed by atoms with Crippen LogP contribution in [0.15, 0.2) is 29.2 Å². The van der Waals surface area contributed by atoms with Gasteiger partial charge in [0.05, 0.1) is 4.90 Å². The Morgan fingerprint density at radius 3 is 2.52 bits per heavy atom. The minimum Gasteiger partial charge on any atom is -0.326 e. The highest BCUT2D eigenvalue weighted by molar-refractivity contribution is 7.89.